The van der Waals surface area contributed by atoms with Crippen molar-refractivity contribution in [2.24, 2.45) is 5.92 Å². The summed E-state index contributed by atoms with van der Waals surface area (Å²) in [6, 6.07) is 18.9. The number of piperidine rings is 1. The molecule has 0 spiro atoms. The van der Waals surface area contributed by atoms with Crippen molar-refractivity contribution in [2.45, 2.75) is 38.1 Å². The Morgan fingerprint density at radius 3 is 2.73 bits per heavy atom. The highest BCUT2D eigenvalue weighted by atomic mass is 16.2. The van der Waals surface area contributed by atoms with Gasteiger partial charge in [0.25, 0.3) is 0 Å². The van der Waals surface area contributed by atoms with Crippen molar-refractivity contribution in [3.8, 4) is 0 Å². The molecule has 1 N–H and O–H groups in total. The molecule has 2 atom stereocenters. The minimum absolute atomic E-state index is 0.108. The molecule has 1 amide bonds. The van der Waals surface area contributed by atoms with Gasteiger partial charge in [0.2, 0.25) is 5.91 Å². The molecule has 0 bridgehead atoms. The number of rotatable bonds is 2. The topological polar surface area (TPSA) is 36.1 Å². The van der Waals surface area contributed by atoms with Gasteiger partial charge in [-0.1, -0.05) is 48.5 Å². The van der Waals surface area contributed by atoms with E-state index in [0.717, 1.165) is 32.2 Å². The lowest BCUT2D eigenvalue weighted by atomic mass is 9.75. The fraction of sp³-hybridized carbons (Fsp3) is 0.348. The molecule has 1 fully saturated rings. The maximum Gasteiger partial charge on any atom is 0.226 e. The van der Waals surface area contributed by atoms with Crippen molar-refractivity contribution < 1.29 is 4.79 Å². The molecule has 132 valence electrons. The summed E-state index contributed by atoms with van der Waals surface area (Å²) in [5.74, 6) is 0.434. The van der Waals surface area contributed by atoms with Crippen molar-refractivity contribution in [1.82, 2.24) is 9.88 Å². The fourth-order valence-electron chi connectivity index (χ4n) is 5.03. The first-order valence-corrected chi connectivity index (χ1v) is 9.62. The molecule has 3 heteroatoms. The van der Waals surface area contributed by atoms with Crippen LogP contribution < -0.4 is 0 Å². The Labute approximate surface area is 154 Å². The van der Waals surface area contributed by atoms with E-state index in [1.165, 1.54) is 27.7 Å². The van der Waals surface area contributed by atoms with Crippen molar-refractivity contribution in [3.63, 3.8) is 0 Å². The predicted molar refractivity (Wildman–Crippen MR) is 104 cm³/mol. The minimum atomic E-state index is -0.198. The second-order valence-electron chi connectivity index (χ2n) is 7.96. The molecular formula is C23H24N2O. The highest BCUT2D eigenvalue weighted by molar-refractivity contribution is 5.87. The first kappa shape index (κ1) is 15.7. The second-order valence-corrected chi connectivity index (χ2v) is 7.96. The smallest absolute Gasteiger partial charge is 0.226 e. The van der Waals surface area contributed by atoms with Gasteiger partial charge in [-0.25, -0.2) is 0 Å². The maximum atomic E-state index is 13.3. The lowest BCUT2D eigenvalue weighted by molar-refractivity contribution is -0.148. The maximum absolute atomic E-state index is 13.3. The molecule has 2 aromatic carbocycles. The number of amides is 1. The standard InChI is InChI=1S/C23H24N2O/c1-23-13-11-17(15-16-7-3-2-4-8-16)22(26)25(23)14-12-19-18-9-5-6-10-20(18)24-21(19)23/h2-10,17,24H,11-15H2,1H3. The molecule has 0 aliphatic carbocycles. The van der Waals surface area contributed by atoms with E-state index in [9.17, 15) is 4.79 Å². The summed E-state index contributed by atoms with van der Waals surface area (Å²) in [4.78, 5) is 19.1. The summed E-state index contributed by atoms with van der Waals surface area (Å²) in [6.45, 7) is 3.08. The number of aromatic amines is 1. The molecular weight excluding hydrogens is 320 g/mol. The zero-order valence-electron chi connectivity index (χ0n) is 15.2. The molecule has 3 nitrogen and oxygen atoms in total. The Morgan fingerprint density at radius 2 is 1.88 bits per heavy atom. The number of hydrogen-bond acceptors (Lipinski definition) is 1. The number of aromatic nitrogens is 1. The number of carbonyl (C=O) groups is 1. The Kier molecular flexibility index (Phi) is 3.46. The lowest BCUT2D eigenvalue weighted by Crippen LogP contribution is -2.57. The van der Waals surface area contributed by atoms with Crippen LogP contribution in [0.4, 0.5) is 0 Å². The quantitative estimate of drug-likeness (QED) is 0.734. The van der Waals surface area contributed by atoms with Gasteiger partial charge in [-0.05, 0) is 49.8 Å². The van der Waals surface area contributed by atoms with Crippen molar-refractivity contribution in [3.05, 3.63) is 71.4 Å². The van der Waals surface area contributed by atoms with Crippen LogP contribution in [-0.2, 0) is 23.2 Å². The first-order valence-electron chi connectivity index (χ1n) is 9.62. The molecule has 3 aromatic rings. The van der Waals surface area contributed by atoms with Crippen molar-refractivity contribution >= 4 is 16.8 Å². The average molecular weight is 344 g/mol. The van der Waals surface area contributed by atoms with E-state index in [2.05, 4.69) is 65.3 Å². The number of benzene rings is 2. The second kappa shape index (κ2) is 5.73. The van der Waals surface area contributed by atoms with E-state index in [0.29, 0.717) is 5.91 Å². The molecule has 0 saturated carbocycles. The van der Waals surface area contributed by atoms with E-state index in [1.54, 1.807) is 0 Å². The van der Waals surface area contributed by atoms with Gasteiger partial charge in [0.05, 0.1) is 5.54 Å². The third-order valence-electron chi connectivity index (χ3n) is 6.45. The molecule has 2 unspecified atom stereocenters. The molecule has 3 heterocycles. The average Bonchev–Trinajstić information content (AvgIpc) is 3.05. The van der Waals surface area contributed by atoms with Crippen LogP contribution in [0.5, 0.6) is 0 Å². The predicted octanol–water partition coefficient (Wildman–Crippen LogP) is 4.42. The molecule has 5 rings (SSSR count). The van der Waals surface area contributed by atoms with E-state index in [1.807, 2.05) is 6.07 Å². The Hall–Kier alpha value is -2.55. The van der Waals surface area contributed by atoms with Crippen LogP contribution in [0.2, 0.25) is 0 Å². The third-order valence-corrected chi connectivity index (χ3v) is 6.45. The van der Waals surface area contributed by atoms with E-state index in [-0.39, 0.29) is 11.5 Å². The van der Waals surface area contributed by atoms with Gasteiger partial charge >= 0.3 is 0 Å². The minimum Gasteiger partial charge on any atom is -0.356 e. The van der Waals surface area contributed by atoms with Gasteiger partial charge in [-0.2, -0.15) is 0 Å². The van der Waals surface area contributed by atoms with E-state index >= 15 is 0 Å². The van der Waals surface area contributed by atoms with Gasteiger partial charge in [0.1, 0.15) is 0 Å². The summed E-state index contributed by atoms with van der Waals surface area (Å²) >= 11 is 0. The van der Waals surface area contributed by atoms with Crippen LogP contribution in [0.15, 0.2) is 54.6 Å². The number of para-hydroxylation sites is 1. The zero-order chi connectivity index (χ0) is 17.7. The number of carbonyl (C=O) groups excluding carboxylic acids is 1. The molecule has 26 heavy (non-hydrogen) atoms. The number of nitrogens with one attached hydrogen (secondary N) is 1. The normalized spacial score (nSPS) is 25.2. The third kappa shape index (κ3) is 2.23. The fourth-order valence-corrected chi connectivity index (χ4v) is 5.03. The van der Waals surface area contributed by atoms with Crippen molar-refractivity contribution in [2.75, 3.05) is 6.54 Å². The monoisotopic (exact) mass is 344 g/mol. The summed E-state index contributed by atoms with van der Waals surface area (Å²) < 4.78 is 0. The van der Waals surface area contributed by atoms with Crippen LogP contribution in [0.1, 0.15) is 36.6 Å². The number of H-pyrrole nitrogens is 1. The SMILES string of the molecule is CC12CCC(Cc3ccccc3)C(=O)N1CCc1c2[nH]c2ccccc12. The van der Waals surface area contributed by atoms with Crippen LogP contribution in [0.25, 0.3) is 10.9 Å². The Bertz CT molecular complexity index is 974. The van der Waals surface area contributed by atoms with Gasteiger partial charge in [-0.3, -0.25) is 4.79 Å². The van der Waals surface area contributed by atoms with Gasteiger partial charge in [-0.15, -0.1) is 0 Å². The van der Waals surface area contributed by atoms with Gasteiger partial charge < -0.3 is 9.88 Å². The molecule has 0 radical (unpaired) electrons. The first-order chi connectivity index (χ1) is 12.7. The zero-order valence-corrected chi connectivity index (χ0v) is 15.2. The van der Waals surface area contributed by atoms with Crippen LogP contribution in [-0.4, -0.2) is 22.3 Å². The molecule has 2 aliphatic rings. The number of fused-ring (bicyclic) bond motifs is 5. The lowest BCUT2D eigenvalue weighted by Gasteiger charge is -2.50. The highest BCUT2D eigenvalue weighted by Crippen LogP contribution is 2.46. The van der Waals surface area contributed by atoms with Gasteiger partial charge in [0, 0.05) is 29.1 Å². The highest BCUT2D eigenvalue weighted by Gasteiger charge is 2.48. The summed E-state index contributed by atoms with van der Waals surface area (Å²) in [6.07, 6.45) is 3.77. The molecule has 1 saturated heterocycles. The largest absolute Gasteiger partial charge is 0.356 e. The number of hydrogen-bond donors (Lipinski definition) is 1. The van der Waals surface area contributed by atoms with Crippen LogP contribution >= 0.6 is 0 Å². The Morgan fingerprint density at radius 1 is 1.12 bits per heavy atom. The van der Waals surface area contributed by atoms with Crippen LogP contribution in [0.3, 0.4) is 0 Å². The van der Waals surface area contributed by atoms with E-state index < -0.39 is 0 Å². The Balaban J connectivity index is 1.49. The molecule has 2 aliphatic heterocycles. The number of nitrogens with zero attached hydrogens (tertiary/aromatic N) is 1. The van der Waals surface area contributed by atoms with Crippen LogP contribution in [0, 0.1) is 5.92 Å². The van der Waals surface area contributed by atoms with E-state index in [4.69, 9.17) is 0 Å². The van der Waals surface area contributed by atoms with Gasteiger partial charge in [0.15, 0.2) is 0 Å². The molecule has 1 aromatic heterocycles. The summed E-state index contributed by atoms with van der Waals surface area (Å²) in [5.41, 5.74) is 4.93. The van der Waals surface area contributed by atoms with Crippen molar-refractivity contribution in [1.29, 1.82) is 0 Å². The summed E-state index contributed by atoms with van der Waals surface area (Å²) in [5, 5.41) is 1.32. The summed E-state index contributed by atoms with van der Waals surface area (Å²) in [7, 11) is 0.